The van der Waals surface area contributed by atoms with Gasteiger partial charge < -0.3 is 26.4 Å². The van der Waals surface area contributed by atoms with Crippen LogP contribution in [-0.2, 0) is 14.4 Å². The van der Waals surface area contributed by atoms with Gasteiger partial charge in [-0.15, -0.1) is 37.2 Å². The fourth-order valence-corrected chi connectivity index (χ4v) is 5.19. The van der Waals surface area contributed by atoms with Crippen LogP contribution < -0.4 is 21.3 Å². The first-order chi connectivity index (χ1) is 17.0. The van der Waals surface area contributed by atoms with Crippen molar-refractivity contribution >= 4 is 55.0 Å². The van der Waals surface area contributed by atoms with Crippen LogP contribution in [0.2, 0.25) is 0 Å². The molecule has 0 saturated carbocycles. The number of halogens is 3. The molecule has 5 N–H and O–H groups in total. The van der Waals surface area contributed by atoms with Crippen molar-refractivity contribution in [2.45, 2.75) is 63.8 Å². The highest BCUT2D eigenvalue weighted by molar-refractivity contribution is 5.86. The molecule has 0 radical (unpaired) electrons. The molecule has 2 saturated heterocycles. The van der Waals surface area contributed by atoms with Crippen LogP contribution in [0.3, 0.4) is 0 Å². The molecule has 2 aliphatic rings. The number of carboxylic acids is 1. The summed E-state index contributed by atoms with van der Waals surface area (Å²) in [5.74, 6) is -0.266. The van der Waals surface area contributed by atoms with Gasteiger partial charge in [-0.25, -0.2) is 0 Å². The Bertz CT molecular complexity index is 787. The van der Waals surface area contributed by atoms with Crippen LogP contribution in [0.15, 0.2) is 24.5 Å². The van der Waals surface area contributed by atoms with Crippen molar-refractivity contribution in [2.24, 2.45) is 17.8 Å². The first-order valence-electron chi connectivity index (χ1n) is 13.1. The number of nitrogens with zero attached hydrogens (tertiary/aromatic N) is 1. The largest absolute Gasteiger partial charge is 0.481 e. The van der Waals surface area contributed by atoms with E-state index in [0.29, 0.717) is 17.4 Å². The molecule has 9 nitrogen and oxygen atoms in total. The maximum absolute atomic E-state index is 13.1. The molecule has 3 rings (SSSR count). The lowest BCUT2D eigenvalue weighted by Gasteiger charge is -2.27. The topological polar surface area (TPSA) is 132 Å². The van der Waals surface area contributed by atoms with Gasteiger partial charge in [-0.2, -0.15) is 0 Å². The zero-order valence-electron chi connectivity index (χ0n) is 21.9. The highest BCUT2D eigenvalue weighted by Gasteiger charge is 2.25. The van der Waals surface area contributed by atoms with E-state index in [-0.39, 0.29) is 62.0 Å². The third-order valence-corrected chi connectivity index (χ3v) is 7.36. The van der Waals surface area contributed by atoms with Crippen molar-refractivity contribution in [1.82, 2.24) is 26.3 Å². The van der Waals surface area contributed by atoms with Crippen LogP contribution in [-0.4, -0.2) is 60.6 Å². The van der Waals surface area contributed by atoms with Gasteiger partial charge in [0.25, 0.3) is 0 Å². The van der Waals surface area contributed by atoms with Gasteiger partial charge in [0.05, 0.1) is 19.0 Å². The number of piperidine rings is 2. The van der Waals surface area contributed by atoms with E-state index in [1.54, 1.807) is 24.5 Å². The van der Waals surface area contributed by atoms with Crippen molar-refractivity contribution in [3.05, 3.63) is 30.1 Å². The molecular formula is C26H44Cl3N5O4. The molecule has 1 aromatic heterocycles. The SMILES string of the molecule is Cl.Cl.Cl.O=C(O)CC(NC(=O)CNC(=O)C(CCC1CCNCC1)CCC1CCNCC1)c1cccnc1. The molecule has 0 bridgehead atoms. The quantitative estimate of drug-likeness (QED) is 0.236. The Labute approximate surface area is 244 Å². The van der Waals surface area contributed by atoms with Crippen LogP contribution in [0.25, 0.3) is 0 Å². The summed E-state index contributed by atoms with van der Waals surface area (Å²) in [6, 6.07) is 2.74. The second-order valence-electron chi connectivity index (χ2n) is 9.96. The van der Waals surface area contributed by atoms with E-state index < -0.39 is 17.9 Å². The minimum absolute atomic E-state index is 0. The number of aromatic nitrogens is 1. The summed E-state index contributed by atoms with van der Waals surface area (Å²) >= 11 is 0. The molecule has 2 aliphatic heterocycles. The van der Waals surface area contributed by atoms with Crippen molar-refractivity contribution in [3.63, 3.8) is 0 Å². The van der Waals surface area contributed by atoms with Crippen LogP contribution in [0, 0.1) is 17.8 Å². The lowest BCUT2D eigenvalue weighted by molar-refractivity contribution is -0.138. The summed E-state index contributed by atoms with van der Waals surface area (Å²) in [5.41, 5.74) is 0.622. The first-order valence-corrected chi connectivity index (χ1v) is 13.1. The average Bonchev–Trinajstić information content (AvgIpc) is 2.88. The van der Waals surface area contributed by atoms with E-state index in [1.165, 1.54) is 0 Å². The third-order valence-electron chi connectivity index (χ3n) is 7.36. The number of aliphatic carboxylic acids is 1. The van der Waals surface area contributed by atoms with E-state index in [1.807, 2.05) is 0 Å². The highest BCUT2D eigenvalue weighted by Crippen LogP contribution is 2.27. The summed E-state index contributed by atoms with van der Waals surface area (Å²) in [7, 11) is 0. The van der Waals surface area contributed by atoms with E-state index >= 15 is 0 Å². The first kappa shape index (κ1) is 36.4. The zero-order chi connectivity index (χ0) is 24.9. The summed E-state index contributed by atoms with van der Waals surface area (Å²) in [6.45, 7) is 4.03. The van der Waals surface area contributed by atoms with Crippen LogP contribution in [0.4, 0.5) is 0 Å². The van der Waals surface area contributed by atoms with Gasteiger partial charge in [0, 0.05) is 18.3 Å². The Morgan fingerprint density at radius 3 is 1.97 bits per heavy atom. The lowest BCUT2D eigenvalue weighted by Crippen LogP contribution is -2.41. The number of pyridine rings is 1. The van der Waals surface area contributed by atoms with Gasteiger partial charge in [0.15, 0.2) is 0 Å². The fraction of sp³-hybridized carbons (Fsp3) is 0.692. The predicted octanol–water partition coefficient (Wildman–Crippen LogP) is 3.27. The molecule has 2 amide bonds. The molecule has 12 heteroatoms. The second-order valence-corrected chi connectivity index (χ2v) is 9.96. The standard InChI is InChI=1S/C26H41N5O4.3ClH/c32-24(31-23(16-25(33)34)22-2-1-11-29-17-22)18-30-26(35)21(5-3-19-7-12-27-13-8-19)6-4-20-9-14-28-15-10-20;;;/h1-2,11,17,19-21,23,27-28H,3-10,12-16,18H2,(H,30,35)(H,31,32)(H,33,34);3*1H. The molecule has 1 unspecified atom stereocenters. The number of hydrogen-bond acceptors (Lipinski definition) is 6. The predicted molar refractivity (Wildman–Crippen MR) is 155 cm³/mol. The number of nitrogens with one attached hydrogen (secondary N) is 4. The van der Waals surface area contributed by atoms with Gasteiger partial charge >= 0.3 is 5.97 Å². The number of carbonyl (C=O) groups is 3. The van der Waals surface area contributed by atoms with Gasteiger partial charge in [0.1, 0.15) is 0 Å². The Morgan fingerprint density at radius 2 is 1.50 bits per heavy atom. The van der Waals surface area contributed by atoms with Gasteiger partial charge in [-0.1, -0.05) is 6.07 Å². The Kier molecular flexibility index (Phi) is 19.4. The molecule has 218 valence electrons. The molecule has 0 aliphatic carbocycles. The minimum atomic E-state index is -1.01. The highest BCUT2D eigenvalue weighted by atomic mass is 35.5. The van der Waals surface area contributed by atoms with Gasteiger partial charge in [-0.05, 0) is 101 Å². The summed E-state index contributed by atoms with van der Waals surface area (Å²) in [4.78, 5) is 41.0. The molecule has 0 spiro atoms. The molecule has 3 heterocycles. The van der Waals surface area contributed by atoms with Crippen molar-refractivity contribution in [2.75, 3.05) is 32.7 Å². The molecule has 38 heavy (non-hydrogen) atoms. The molecule has 2 fully saturated rings. The minimum Gasteiger partial charge on any atom is -0.481 e. The number of rotatable bonds is 13. The van der Waals surface area contributed by atoms with E-state index in [0.717, 1.165) is 77.5 Å². The Balaban J connectivity index is 0.00000456. The Hall–Kier alpha value is -1.65. The van der Waals surface area contributed by atoms with E-state index in [4.69, 9.17) is 0 Å². The normalized spacial score (nSPS) is 16.8. The maximum Gasteiger partial charge on any atom is 0.305 e. The second kappa shape index (κ2) is 20.3. The van der Waals surface area contributed by atoms with Crippen molar-refractivity contribution in [1.29, 1.82) is 0 Å². The summed E-state index contributed by atoms with van der Waals surface area (Å²) < 4.78 is 0. The third kappa shape index (κ3) is 13.4. The van der Waals surface area contributed by atoms with Crippen LogP contribution in [0.5, 0.6) is 0 Å². The van der Waals surface area contributed by atoms with Crippen molar-refractivity contribution in [3.8, 4) is 0 Å². The molecule has 1 aromatic rings. The number of carbonyl (C=O) groups excluding carboxylic acids is 2. The number of carboxylic acid groups (broad SMARTS) is 1. The number of amides is 2. The molecule has 0 aromatic carbocycles. The molecule has 1 atom stereocenters. The summed E-state index contributed by atoms with van der Waals surface area (Å²) in [6.07, 6.45) is 11.3. The fourth-order valence-electron chi connectivity index (χ4n) is 5.19. The van der Waals surface area contributed by atoms with Gasteiger partial charge in [-0.3, -0.25) is 19.4 Å². The number of hydrogen-bond donors (Lipinski definition) is 5. The maximum atomic E-state index is 13.1. The van der Waals surface area contributed by atoms with E-state index in [9.17, 15) is 19.5 Å². The average molecular weight is 597 g/mol. The zero-order valence-corrected chi connectivity index (χ0v) is 24.3. The smallest absolute Gasteiger partial charge is 0.305 e. The van der Waals surface area contributed by atoms with E-state index in [2.05, 4.69) is 26.3 Å². The van der Waals surface area contributed by atoms with Crippen molar-refractivity contribution < 1.29 is 19.5 Å². The monoisotopic (exact) mass is 595 g/mol. The van der Waals surface area contributed by atoms with Gasteiger partial charge in [0.2, 0.25) is 11.8 Å². The summed E-state index contributed by atoms with van der Waals surface area (Å²) in [5, 5.41) is 21.6. The van der Waals surface area contributed by atoms with Crippen LogP contribution in [0.1, 0.15) is 69.4 Å². The van der Waals surface area contributed by atoms with Crippen LogP contribution >= 0.6 is 37.2 Å². The lowest BCUT2D eigenvalue weighted by atomic mass is 9.84. The Morgan fingerprint density at radius 1 is 0.947 bits per heavy atom. The molecular weight excluding hydrogens is 553 g/mol.